The third-order valence-corrected chi connectivity index (χ3v) is 7.13. The molecule has 2 aromatic carbocycles. The van der Waals surface area contributed by atoms with Gasteiger partial charge in [-0.15, -0.1) is 11.3 Å². The Balaban J connectivity index is 1.43. The number of fused-ring (bicyclic) bond motifs is 1. The predicted molar refractivity (Wildman–Crippen MR) is 119 cm³/mol. The van der Waals surface area contributed by atoms with Gasteiger partial charge in [0.05, 0.1) is 15.8 Å². The van der Waals surface area contributed by atoms with Crippen LogP contribution >= 0.6 is 11.3 Å². The Morgan fingerprint density at radius 2 is 1.87 bits per heavy atom. The fourth-order valence-corrected chi connectivity index (χ4v) is 5.08. The lowest BCUT2D eigenvalue weighted by molar-refractivity contribution is -0.125. The van der Waals surface area contributed by atoms with Gasteiger partial charge in [-0.25, -0.2) is 9.78 Å². The highest BCUT2D eigenvalue weighted by Crippen LogP contribution is 2.32. The van der Waals surface area contributed by atoms with Gasteiger partial charge in [0.25, 0.3) is 5.91 Å². The second-order valence-electron chi connectivity index (χ2n) is 8.05. The van der Waals surface area contributed by atoms with Crippen LogP contribution in [0.3, 0.4) is 0 Å². The molecule has 6 heteroatoms. The van der Waals surface area contributed by atoms with Gasteiger partial charge in [0.1, 0.15) is 5.01 Å². The maximum atomic E-state index is 12.7. The third kappa shape index (κ3) is 4.38. The quantitative estimate of drug-likeness (QED) is 0.584. The summed E-state index contributed by atoms with van der Waals surface area (Å²) in [7, 11) is 0. The van der Waals surface area contributed by atoms with Gasteiger partial charge >= 0.3 is 5.97 Å². The van der Waals surface area contributed by atoms with Gasteiger partial charge < -0.3 is 10.1 Å². The first kappa shape index (κ1) is 20.5. The van der Waals surface area contributed by atoms with Gasteiger partial charge in [-0.05, 0) is 36.5 Å². The number of thiazole rings is 1. The van der Waals surface area contributed by atoms with Gasteiger partial charge in [-0.3, -0.25) is 4.79 Å². The van der Waals surface area contributed by atoms with Crippen molar-refractivity contribution >= 4 is 33.4 Å². The van der Waals surface area contributed by atoms with E-state index in [2.05, 4.69) is 24.1 Å². The molecule has 0 bridgehead atoms. The van der Waals surface area contributed by atoms with Crippen LogP contribution < -0.4 is 5.32 Å². The lowest BCUT2D eigenvalue weighted by Gasteiger charge is -2.34. The Bertz CT molecular complexity index is 1030. The van der Waals surface area contributed by atoms with Crippen molar-refractivity contribution in [3.8, 4) is 10.6 Å². The number of rotatable bonds is 5. The van der Waals surface area contributed by atoms with Crippen molar-refractivity contribution in [1.29, 1.82) is 0 Å². The molecule has 1 heterocycles. The van der Waals surface area contributed by atoms with Crippen LogP contribution in [-0.4, -0.2) is 29.5 Å². The fourth-order valence-electron chi connectivity index (χ4n) is 4.08. The average molecular weight is 423 g/mol. The number of ether oxygens (including phenoxy) is 1. The summed E-state index contributed by atoms with van der Waals surface area (Å²) in [5.41, 5.74) is 2.04. The minimum absolute atomic E-state index is 0.148. The van der Waals surface area contributed by atoms with E-state index in [-0.39, 0.29) is 18.6 Å². The van der Waals surface area contributed by atoms with E-state index in [1.807, 2.05) is 36.4 Å². The lowest BCUT2D eigenvalue weighted by Crippen LogP contribution is -2.45. The number of nitrogens with zero attached hydrogens (tertiary/aromatic N) is 1. The minimum Gasteiger partial charge on any atom is -0.452 e. The Hall–Kier alpha value is -2.73. The van der Waals surface area contributed by atoms with Crippen molar-refractivity contribution in [2.45, 2.75) is 39.2 Å². The second-order valence-corrected chi connectivity index (χ2v) is 9.08. The predicted octanol–water partition coefficient (Wildman–Crippen LogP) is 5.06. The third-order valence-electron chi connectivity index (χ3n) is 6.06. The zero-order valence-corrected chi connectivity index (χ0v) is 18.1. The number of para-hydroxylation sites is 1. The SMILES string of the molecule is C[C@@H]1[C@H](C)CCC[C@H]1NC(=O)COC(=O)c1ccccc1-c1nc2ccccc2s1. The van der Waals surface area contributed by atoms with Crippen LogP contribution in [0.4, 0.5) is 0 Å². The molecule has 3 atom stereocenters. The van der Waals surface area contributed by atoms with E-state index in [0.29, 0.717) is 17.4 Å². The van der Waals surface area contributed by atoms with E-state index >= 15 is 0 Å². The summed E-state index contributed by atoms with van der Waals surface area (Å²) in [6.45, 7) is 4.13. The topological polar surface area (TPSA) is 68.3 Å². The van der Waals surface area contributed by atoms with Gasteiger partial charge in [-0.1, -0.05) is 57.0 Å². The number of amides is 1. The molecule has 1 N–H and O–H groups in total. The first-order chi connectivity index (χ1) is 14.5. The van der Waals surface area contributed by atoms with Crippen molar-refractivity contribution in [3.63, 3.8) is 0 Å². The number of aromatic nitrogens is 1. The van der Waals surface area contributed by atoms with Crippen molar-refractivity contribution in [3.05, 3.63) is 54.1 Å². The Morgan fingerprint density at radius 3 is 2.70 bits per heavy atom. The normalized spacial score (nSPS) is 21.3. The van der Waals surface area contributed by atoms with Crippen LogP contribution in [0, 0.1) is 11.8 Å². The van der Waals surface area contributed by atoms with E-state index < -0.39 is 5.97 Å². The summed E-state index contributed by atoms with van der Waals surface area (Å²) in [5, 5.41) is 3.81. The van der Waals surface area contributed by atoms with E-state index in [1.165, 1.54) is 17.8 Å². The van der Waals surface area contributed by atoms with Crippen LogP contribution in [0.1, 0.15) is 43.5 Å². The summed E-state index contributed by atoms with van der Waals surface area (Å²) >= 11 is 1.53. The molecule has 5 nitrogen and oxygen atoms in total. The molecule has 0 unspecified atom stereocenters. The lowest BCUT2D eigenvalue weighted by atomic mass is 9.78. The van der Waals surface area contributed by atoms with E-state index in [0.717, 1.165) is 33.6 Å². The van der Waals surface area contributed by atoms with E-state index in [1.54, 1.807) is 12.1 Å². The molecule has 1 saturated carbocycles. The Labute approximate surface area is 180 Å². The van der Waals surface area contributed by atoms with Crippen LogP contribution in [0.5, 0.6) is 0 Å². The largest absolute Gasteiger partial charge is 0.452 e. The molecule has 4 rings (SSSR count). The molecule has 0 aliphatic heterocycles. The zero-order valence-electron chi connectivity index (χ0n) is 17.3. The van der Waals surface area contributed by atoms with E-state index in [4.69, 9.17) is 4.74 Å². The summed E-state index contributed by atoms with van der Waals surface area (Å²) < 4.78 is 6.42. The smallest absolute Gasteiger partial charge is 0.339 e. The Morgan fingerprint density at radius 1 is 1.10 bits per heavy atom. The highest BCUT2D eigenvalue weighted by atomic mass is 32.1. The summed E-state index contributed by atoms with van der Waals surface area (Å²) in [6.07, 6.45) is 3.29. The number of hydrogen-bond acceptors (Lipinski definition) is 5. The molecule has 156 valence electrons. The van der Waals surface area contributed by atoms with Gasteiger partial charge in [0, 0.05) is 11.6 Å². The first-order valence-corrected chi connectivity index (χ1v) is 11.3. The summed E-state index contributed by atoms with van der Waals surface area (Å²) in [4.78, 5) is 29.8. The van der Waals surface area contributed by atoms with Crippen molar-refractivity contribution < 1.29 is 14.3 Å². The first-order valence-electron chi connectivity index (χ1n) is 10.4. The van der Waals surface area contributed by atoms with Crippen molar-refractivity contribution in [2.24, 2.45) is 11.8 Å². The summed E-state index contributed by atoms with van der Waals surface area (Å²) in [6, 6.07) is 15.3. The molecule has 3 aromatic rings. The number of nitrogens with one attached hydrogen (secondary N) is 1. The number of esters is 1. The summed E-state index contributed by atoms with van der Waals surface area (Å²) in [5.74, 6) is 0.266. The standard InChI is InChI=1S/C24H26N2O3S/c1-15-8-7-12-19(16(15)2)25-22(27)14-29-24(28)18-10-4-3-9-17(18)23-26-20-11-5-6-13-21(20)30-23/h3-6,9-11,13,15-16,19H,7-8,12,14H2,1-2H3,(H,25,27)/t15-,16-,19-/m1/s1. The number of benzene rings is 2. The number of carbonyl (C=O) groups is 2. The van der Waals surface area contributed by atoms with E-state index in [9.17, 15) is 9.59 Å². The highest BCUT2D eigenvalue weighted by Gasteiger charge is 2.28. The molecule has 1 amide bonds. The average Bonchev–Trinajstić information content (AvgIpc) is 3.19. The van der Waals surface area contributed by atoms with Gasteiger partial charge in [0.15, 0.2) is 6.61 Å². The molecule has 0 radical (unpaired) electrons. The molecule has 1 fully saturated rings. The molecule has 1 aliphatic rings. The van der Waals surface area contributed by atoms with Crippen molar-refractivity contribution in [2.75, 3.05) is 6.61 Å². The maximum absolute atomic E-state index is 12.7. The second kappa shape index (κ2) is 8.96. The van der Waals surface area contributed by atoms with Crippen LogP contribution in [0.25, 0.3) is 20.8 Å². The number of carbonyl (C=O) groups excluding carboxylic acids is 2. The molecular formula is C24H26N2O3S. The fraction of sp³-hybridized carbons (Fsp3) is 0.375. The molecule has 1 aromatic heterocycles. The highest BCUT2D eigenvalue weighted by molar-refractivity contribution is 7.21. The van der Waals surface area contributed by atoms with Crippen molar-refractivity contribution in [1.82, 2.24) is 10.3 Å². The maximum Gasteiger partial charge on any atom is 0.339 e. The monoisotopic (exact) mass is 422 g/mol. The molecule has 0 saturated heterocycles. The number of hydrogen-bond donors (Lipinski definition) is 1. The molecular weight excluding hydrogens is 396 g/mol. The van der Waals surface area contributed by atoms with Crippen LogP contribution in [0.2, 0.25) is 0 Å². The van der Waals surface area contributed by atoms with Crippen LogP contribution in [-0.2, 0) is 9.53 Å². The zero-order chi connectivity index (χ0) is 21.1. The van der Waals surface area contributed by atoms with Gasteiger partial charge in [-0.2, -0.15) is 0 Å². The Kier molecular flexibility index (Phi) is 6.13. The molecule has 1 aliphatic carbocycles. The molecule has 0 spiro atoms. The van der Waals surface area contributed by atoms with Gasteiger partial charge in [0.2, 0.25) is 0 Å². The van der Waals surface area contributed by atoms with Crippen LogP contribution in [0.15, 0.2) is 48.5 Å². The molecule has 30 heavy (non-hydrogen) atoms. The minimum atomic E-state index is -0.509.